The van der Waals surface area contributed by atoms with E-state index in [0.717, 1.165) is 12.8 Å². The number of aromatic nitrogens is 2. The molecule has 0 bridgehead atoms. The number of hydrogen-bond donors (Lipinski definition) is 2. The van der Waals surface area contributed by atoms with E-state index in [-0.39, 0.29) is 17.4 Å². The van der Waals surface area contributed by atoms with Crippen LogP contribution in [0.25, 0.3) is 5.69 Å². The average Bonchev–Trinajstić information content (AvgIpc) is 3.25. The number of carbonyl (C=O) groups is 2. The Hall–Kier alpha value is -2.34. The van der Waals surface area contributed by atoms with Gasteiger partial charge >= 0.3 is 5.97 Å². The normalized spacial score (nSPS) is 13.9. The number of carboxylic acid groups (broad SMARTS) is 1. The summed E-state index contributed by atoms with van der Waals surface area (Å²) in [5.74, 6) is -1.07. The molecular formula is C15H14ClN3O3. The molecule has 0 aliphatic heterocycles. The summed E-state index contributed by atoms with van der Waals surface area (Å²) < 4.78 is 1.54. The standard InChI is InChI=1S/C15H14ClN3O3/c1-17-14(20)9-4-5-11(16)12(6-9)19-13(8-2-3-8)10(7-18-19)15(21)22/h4-8H,2-3H2,1H3,(H,17,20)(H,21,22). The molecule has 0 atom stereocenters. The first-order chi connectivity index (χ1) is 10.5. The molecule has 3 rings (SSSR count). The fraction of sp³-hybridized carbons (Fsp3) is 0.267. The van der Waals surface area contributed by atoms with Gasteiger partial charge in [0.25, 0.3) is 5.91 Å². The van der Waals surface area contributed by atoms with Gasteiger partial charge in [-0.3, -0.25) is 4.79 Å². The maximum Gasteiger partial charge on any atom is 0.339 e. The van der Waals surface area contributed by atoms with Crippen LogP contribution in [0.15, 0.2) is 24.4 Å². The van der Waals surface area contributed by atoms with Crippen LogP contribution in [0.5, 0.6) is 0 Å². The molecule has 0 radical (unpaired) electrons. The van der Waals surface area contributed by atoms with Crippen LogP contribution >= 0.6 is 11.6 Å². The minimum absolute atomic E-state index is 0.174. The van der Waals surface area contributed by atoms with Crippen LogP contribution in [0.3, 0.4) is 0 Å². The monoisotopic (exact) mass is 319 g/mol. The highest BCUT2D eigenvalue weighted by Gasteiger charge is 2.33. The zero-order chi connectivity index (χ0) is 15.9. The predicted octanol–water partition coefficient (Wildman–Crippen LogP) is 2.46. The Morgan fingerprint density at radius 2 is 2.14 bits per heavy atom. The smallest absolute Gasteiger partial charge is 0.339 e. The number of carboxylic acids is 1. The largest absolute Gasteiger partial charge is 0.478 e. The van der Waals surface area contributed by atoms with Gasteiger partial charge in [-0.25, -0.2) is 9.48 Å². The second kappa shape index (κ2) is 5.46. The lowest BCUT2D eigenvalue weighted by Gasteiger charge is -2.11. The zero-order valence-corrected chi connectivity index (χ0v) is 12.6. The molecule has 7 heteroatoms. The molecular weight excluding hydrogens is 306 g/mol. The molecule has 2 aromatic rings. The molecule has 1 aliphatic carbocycles. The third-order valence-corrected chi connectivity index (χ3v) is 3.98. The molecule has 1 saturated carbocycles. The van der Waals surface area contributed by atoms with Crippen LogP contribution in [-0.2, 0) is 0 Å². The highest BCUT2D eigenvalue weighted by Crippen LogP contribution is 2.43. The Morgan fingerprint density at radius 1 is 1.41 bits per heavy atom. The summed E-state index contributed by atoms with van der Waals surface area (Å²) in [5, 5.41) is 16.4. The second-order valence-corrected chi connectivity index (χ2v) is 5.59. The second-order valence-electron chi connectivity index (χ2n) is 5.18. The van der Waals surface area contributed by atoms with Gasteiger partial charge in [-0.2, -0.15) is 5.10 Å². The van der Waals surface area contributed by atoms with E-state index in [1.807, 2.05) is 0 Å². The first kappa shape index (κ1) is 14.6. The van der Waals surface area contributed by atoms with Gasteiger partial charge in [-0.15, -0.1) is 0 Å². The number of hydrogen-bond acceptors (Lipinski definition) is 3. The van der Waals surface area contributed by atoms with Crippen molar-refractivity contribution < 1.29 is 14.7 Å². The summed E-state index contributed by atoms with van der Waals surface area (Å²) in [5.41, 5.74) is 1.78. The van der Waals surface area contributed by atoms with Gasteiger partial charge in [0.1, 0.15) is 5.56 Å². The number of halogens is 1. The lowest BCUT2D eigenvalue weighted by molar-refractivity contribution is 0.0695. The molecule has 1 aromatic carbocycles. The Labute approximate surface area is 131 Å². The van der Waals surface area contributed by atoms with Crippen molar-refractivity contribution in [1.82, 2.24) is 15.1 Å². The number of rotatable bonds is 4. The first-order valence-corrected chi connectivity index (χ1v) is 7.24. The van der Waals surface area contributed by atoms with Crippen molar-refractivity contribution in [2.45, 2.75) is 18.8 Å². The van der Waals surface area contributed by atoms with Crippen molar-refractivity contribution in [3.8, 4) is 5.69 Å². The molecule has 1 aliphatic rings. The fourth-order valence-electron chi connectivity index (χ4n) is 2.42. The number of aromatic carboxylic acids is 1. The van der Waals surface area contributed by atoms with Gasteiger partial charge in [0, 0.05) is 18.5 Å². The van der Waals surface area contributed by atoms with Crippen molar-refractivity contribution in [3.05, 3.63) is 46.2 Å². The fourth-order valence-corrected chi connectivity index (χ4v) is 2.62. The van der Waals surface area contributed by atoms with E-state index in [0.29, 0.717) is 22.0 Å². The Kier molecular flexibility index (Phi) is 3.62. The SMILES string of the molecule is CNC(=O)c1ccc(Cl)c(-n2ncc(C(=O)O)c2C2CC2)c1. The predicted molar refractivity (Wildman–Crippen MR) is 80.9 cm³/mol. The minimum Gasteiger partial charge on any atom is -0.478 e. The van der Waals surface area contributed by atoms with Crippen molar-refractivity contribution in [2.75, 3.05) is 7.05 Å². The van der Waals surface area contributed by atoms with Gasteiger partial charge in [-0.05, 0) is 31.0 Å². The van der Waals surface area contributed by atoms with Gasteiger partial charge in [0.2, 0.25) is 0 Å². The summed E-state index contributed by atoms with van der Waals surface area (Å²) in [4.78, 5) is 23.1. The van der Waals surface area contributed by atoms with E-state index >= 15 is 0 Å². The summed E-state index contributed by atoms with van der Waals surface area (Å²) >= 11 is 6.22. The summed E-state index contributed by atoms with van der Waals surface area (Å²) in [6.07, 6.45) is 3.19. The number of carbonyl (C=O) groups excluding carboxylic acids is 1. The first-order valence-electron chi connectivity index (χ1n) is 6.86. The minimum atomic E-state index is -1.01. The summed E-state index contributed by atoms with van der Waals surface area (Å²) in [6.45, 7) is 0. The van der Waals surface area contributed by atoms with Crippen molar-refractivity contribution >= 4 is 23.5 Å². The highest BCUT2D eigenvalue weighted by molar-refractivity contribution is 6.32. The number of nitrogens with one attached hydrogen (secondary N) is 1. The molecule has 0 unspecified atom stereocenters. The van der Waals surface area contributed by atoms with E-state index in [4.69, 9.17) is 11.6 Å². The quantitative estimate of drug-likeness (QED) is 0.906. The van der Waals surface area contributed by atoms with Crippen molar-refractivity contribution in [1.29, 1.82) is 0 Å². The van der Waals surface area contributed by atoms with Crippen LogP contribution in [0.1, 0.15) is 45.2 Å². The van der Waals surface area contributed by atoms with E-state index in [9.17, 15) is 14.7 Å². The van der Waals surface area contributed by atoms with Gasteiger partial charge < -0.3 is 10.4 Å². The van der Waals surface area contributed by atoms with Crippen LogP contribution in [0.2, 0.25) is 5.02 Å². The van der Waals surface area contributed by atoms with Gasteiger partial charge in [0.15, 0.2) is 0 Å². The van der Waals surface area contributed by atoms with Crippen molar-refractivity contribution in [2.24, 2.45) is 0 Å². The van der Waals surface area contributed by atoms with E-state index in [1.165, 1.54) is 10.9 Å². The number of nitrogens with zero attached hydrogens (tertiary/aromatic N) is 2. The number of amides is 1. The molecule has 0 spiro atoms. The summed E-state index contributed by atoms with van der Waals surface area (Å²) in [7, 11) is 1.54. The lowest BCUT2D eigenvalue weighted by Crippen LogP contribution is -2.18. The third kappa shape index (κ3) is 2.46. The maximum absolute atomic E-state index is 11.8. The topological polar surface area (TPSA) is 84.2 Å². The third-order valence-electron chi connectivity index (χ3n) is 3.66. The van der Waals surface area contributed by atoms with Crippen LogP contribution in [0, 0.1) is 0 Å². The van der Waals surface area contributed by atoms with Crippen LogP contribution in [0.4, 0.5) is 0 Å². The molecule has 6 nitrogen and oxygen atoms in total. The van der Waals surface area contributed by atoms with E-state index in [1.54, 1.807) is 25.2 Å². The molecule has 1 fully saturated rings. The summed E-state index contributed by atoms with van der Waals surface area (Å²) in [6, 6.07) is 4.84. The van der Waals surface area contributed by atoms with Gasteiger partial charge in [0.05, 0.1) is 22.6 Å². The van der Waals surface area contributed by atoms with Crippen LogP contribution < -0.4 is 5.32 Å². The van der Waals surface area contributed by atoms with Crippen molar-refractivity contribution in [3.63, 3.8) is 0 Å². The molecule has 22 heavy (non-hydrogen) atoms. The van der Waals surface area contributed by atoms with Gasteiger partial charge in [-0.1, -0.05) is 11.6 Å². The zero-order valence-electron chi connectivity index (χ0n) is 11.8. The van der Waals surface area contributed by atoms with E-state index < -0.39 is 5.97 Å². The Bertz CT molecular complexity index is 765. The average molecular weight is 320 g/mol. The van der Waals surface area contributed by atoms with Crippen LogP contribution in [-0.4, -0.2) is 33.8 Å². The highest BCUT2D eigenvalue weighted by atomic mass is 35.5. The molecule has 0 saturated heterocycles. The molecule has 114 valence electrons. The maximum atomic E-state index is 11.8. The lowest BCUT2D eigenvalue weighted by atomic mass is 10.1. The molecule has 2 N–H and O–H groups in total. The van der Waals surface area contributed by atoms with E-state index in [2.05, 4.69) is 10.4 Å². The molecule has 1 amide bonds. The number of benzene rings is 1. The Morgan fingerprint density at radius 3 is 2.73 bits per heavy atom. The Balaban J connectivity index is 2.15. The molecule has 1 aromatic heterocycles. The molecule has 1 heterocycles.